The van der Waals surface area contributed by atoms with Gasteiger partial charge in [-0.2, -0.15) is 0 Å². The highest BCUT2D eigenvalue weighted by Crippen LogP contribution is 2.31. The number of amides is 2. The van der Waals surface area contributed by atoms with Crippen LogP contribution in [0.15, 0.2) is 42.5 Å². The first kappa shape index (κ1) is 17.0. The molecule has 1 aliphatic rings. The zero-order valence-electron chi connectivity index (χ0n) is 14.4. The van der Waals surface area contributed by atoms with E-state index in [1.807, 2.05) is 56.3 Å². The number of fused-ring (bicyclic) bond motifs is 1. The van der Waals surface area contributed by atoms with Crippen molar-refractivity contribution in [3.8, 4) is 5.75 Å². The summed E-state index contributed by atoms with van der Waals surface area (Å²) in [6.07, 6.45) is 0.229. The van der Waals surface area contributed by atoms with Crippen LogP contribution in [0.25, 0.3) is 0 Å². The molecule has 0 spiro atoms. The standard InChI is InChI=1S/C20H22N2O3/c1-12-8-15-11-18(25-17(15)9-13(12)2)20(24)22-16(19(21)23)10-14-6-4-3-5-7-14/h3-9,16,18H,10-11H2,1-2H3,(H2,21,23)(H,22,24)/t16-,18+/m1/s1. The van der Waals surface area contributed by atoms with Crippen LogP contribution >= 0.6 is 0 Å². The molecule has 25 heavy (non-hydrogen) atoms. The molecule has 1 heterocycles. The molecule has 0 radical (unpaired) electrons. The fraction of sp³-hybridized carbons (Fsp3) is 0.300. The number of rotatable bonds is 5. The molecular formula is C20H22N2O3. The van der Waals surface area contributed by atoms with E-state index in [0.717, 1.165) is 22.4 Å². The van der Waals surface area contributed by atoms with Crippen LogP contribution in [0.1, 0.15) is 22.3 Å². The average molecular weight is 338 g/mol. The second-order valence-electron chi connectivity index (χ2n) is 6.51. The number of benzene rings is 2. The Labute approximate surface area is 147 Å². The van der Waals surface area contributed by atoms with Crippen LogP contribution in [0, 0.1) is 13.8 Å². The lowest BCUT2D eigenvalue weighted by Crippen LogP contribution is -2.50. The van der Waals surface area contributed by atoms with Crippen LogP contribution in [0.3, 0.4) is 0 Å². The molecule has 0 fully saturated rings. The Bertz CT molecular complexity index is 771. The third-order valence-electron chi connectivity index (χ3n) is 4.59. The first-order valence-corrected chi connectivity index (χ1v) is 8.34. The minimum Gasteiger partial charge on any atom is -0.480 e. The third kappa shape index (κ3) is 3.82. The smallest absolute Gasteiger partial charge is 0.262 e. The Morgan fingerprint density at radius 3 is 2.56 bits per heavy atom. The van der Waals surface area contributed by atoms with Gasteiger partial charge in [0.1, 0.15) is 11.8 Å². The molecule has 0 bridgehead atoms. The first-order valence-electron chi connectivity index (χ1n) is 8.34. The maximum absolute atomic E-state index is 12.5. The second kappa shape index (κ2) is 6.97. The van der Waals surface area contributed by atoms with Gasteiger partial charge in [0.25, 0.3) is 5.91 Å². The monoisotopic (exact) mass is 338 g/mol. The maximum Gasteiger partial charge on any atom is 0.262 e. The van der Waals surface area contributed by atoms with E-state index in [-0.39, 0.29) is 5.91 Å². The highest BCUT2D eigenvalue weighted by molar-refractivity contribution is 5.89. The lowest BCUT2D eigenvalue weighted by atomic mass is 10.0. The van der Waals surface area contributed by atoms with Crippen molar-refractivity contribution >= 4 is 11.8 Å². The van der Waals surface area contributed by atoms with Crippen molar-refractivity contribution in [2.75, 3.05) is 0 Å². The molecule has 0 aliphatic carbocycles. The fourth-order valence-corrected chi connectivity index (χ4v) is 3.00. The van der Waals surface area contributed by atoms with Crippen LogP contribution in [-0.2, 0) is 22.4 Å². The lowest BCUT2D eigenvalue weighted by molar-refractivity contribution is -0.131. The van der Waals surface area contributed by atoms with Gasteiger partial charge in [-0.3, -0.25) is 9.59 Å². The topological polar surface area (TPSA) is 81.4 Å². The fourth-order valence-electron chi connectivity index (χ4n) is 3.00. The number of aryl methyl sites for hydroxylation is 2. The van der Waals surface area contributed by atoms with Gasteiger partial charge in [-0.25, -0.2) is 0 Å². The van der Waals surface area contributed by atoms with E-state index in [4.69, 9.17) is 10.5 Å². The van der Waals surface area contributed by atoms with E-state index in [9.17, 15) is 9.59 Å². The second-order valence-corrected chi connectivity index (χ2v) is 6.51. The summed E-state index contributed by atoms with van der Waals surface area (Å²) in [7, 11) is 0. The van der Waals surface area contributed by atoms with Crippen molar-refractivity contribution < 1.29 is 14.3 Å². The van der Waals surface area contributed by atoms with Gasteiger partial charge in [-0.05, 0) is 42.2 Å². The molecule has 2 amide bonds. The molecule has 2 aromatic carbocycles. The molecule has 0 aromatic heterocycles. The molecule has 2 aromatic rings. The molecule has 2 atom stereocenters. The summed E-state index contributed by atoms with van der Waals surface area (Å²) in [4.78, 5) is 24.3. The summed E-state index contributed by atoms with van der Waals surface area (Å²) >= 11 is 0. The van der Waals surface area contributed by atoms with Gasteiger partial charge in [-0.1, -0.05) is 36.4 Å². The quantitative estimate of drug-likeness (QED) is 0.872. The van der Waals surface area contributed by atoms with Gasteiger partial charge in [0, 0.05) is 12.8 Å². The molecule has 0 unspecified atom stereocenters. The molecule has 3 N–H and O–H groups in total. The predicted octanol–water partition coefficient (Wildman–Crippen LogP) is 1.82. The van der Waals surface area contributed by atoms with E-state index in [2.05, 4.69) is 5.32 Å². The minimum atomic E-state index is -0.759. The molecular weight excluding hydrogens is 316 g/mol. The van der Waals surface area contributed by atoms with Gasteiger partial charge < -0.3 is 15.8 Å². The molecule has 5 heteroatoms. The SMILES string of the molecule is Cc1cc2c(cc1C)O[C@H](C(=O)N[C@H](Cc1ccccc1)C(N)=O)C2. The summed E-state index contributed by atoms with van der Waals surface area (Å²) in [5.74, 6) is -0.132. The maximum atomic E-state index is 12.5. The van der Waals surface area contributed by atoms with E-state index >= 15 is 0 Å². The molecule has 3 rings (SSSR count). The zero-order chi connectivity index (χ0) is 18.0. The summed E-state index contributed by atoms with van der Waals surface area (Å²) in [5.41, 5.74) is 9.71. The molecule has 1 aliphatic heterocycles. The van der Waals surface area contributed by atoms with Crippen LogP contribution in [0.5, 0.6) is 5.75 Å². The average Bonchev–Trinajstić information content (AvgIpc) is 2.98. The van der Waals surface area contributed by atoms with Crippen molar-refractivity contribution in [1.82, 2.24) is 5.32 Å². The molecule has 0 saturated heterocycles. The van der Waals surface area contributed by atoms with Crippen molar-refractivity contribution in [1.29, 1.82) is 0 Å². The predicted molar refractivity (Wildman–Crippen MR) is 95.3 cm³/mol. The third-order valence-corrected chi connectivity index (χ3v) is 4.59. The number of primary amides is 1. The molecule has 130 valence electrons. The lowest BCUT2D eigenvalue weighted by Gasteiger charge is -2.18. The van der Waals surface area contributed by atoms with Gasteiger partial charge in [0.15, 0.2) is 6.10 Å². The largest absolute Gasteiger partial charge is 0.480 e. The Balaban J connectivity index is 1.67. The van der Waals surface area contributed by atoms with E-state index < -0.39 is 18.1 Å². The number of carbonyl (C=O) groups excluding carboxylic acids is 2. The summed E-state index contributed by atoms with van der Waals surface area (Å²) in [6, 6.07) is 12.7. The Kier molecular flexibility index (Phi) is 4.74. The van der Waals surface area contributed by atoms with Crippen molar-refractivity contribution in [2.45, 2.75) is 38.8 Å². The Hall–Kier alpha value is -2.82. The highest BCUT2D eigenvalue weighted by Gasteiger charge is 2.31. The van der Waals surface area contributed by atoms with Gasteiger partial charge >= 0.3 is 0 Å². The number of nitrogens with two attached hydrogens (primary N) is 1. The van der Waals surface area contributed by atoms with Crippen molar-refractivity contribution in [3.63, 3.8) is 0 Å². The summed E-state index contributed by atoms with van der Waals surface area (Å²) in [5, 5.41) is 2.73. The van der Waals surface area contributed by atoms with Crippen LogP contribution in [0.4, 0.5) is 0 Å². The highest BCUT2D eigenvalue weighted by atomic mass is 16.5. The van der Waals surface area contributed by atoms with Gasteiger partial charge in [0.2, 0.25) is 5.91 Å². The number of ether oxygens (including phenoxy) is 1. The Morgan fingerprint density at radius 1 is 1.20 bits per heavy atom. The molecule has 0 saturated carbocycles. The summed E-state index contributed by atoms with van der Waals surface area (Å²) < 4.78 is 5.77. The number of nitrogens with one attached hydrogen (secondary N) is 1. The molecule has 5 nitrogen and oxygen atoms in total. The first-order chi connectivity index (χ1) is 11.9. The Morgan fingerprint density at radius 2 is 1.88 bits per heavy atom. The van der Waals surface area contributed by atoms with E-state index in [1.54, 1.807) is 0 Å². The van der Waals surface area contributed by atoms with E-state index in [1.165, 1.54) is 5.56 Å². The zero-order valence-corrected chi connectivity index (χ0v) is 14.4. The van der Waals surface area contributed by atoms with E-state index in [0.29, 0.717) is 12.8 Å². The number of hydrogen-bond donors (Lipinski definition) is 2. The van der Waals surface area contributed by atoms with Gasteiger partial charge in [0.05, 0.1) is 0 Å². The summed E-state index contributed by atoms with van der Waals surface area (Å²) in [6.45, 7) is 4.04. The van der Waals surface area contributed by atoms with Crippen LogP contribution < -0.4 is 15.8 Å². The number of hydrogen-bond acceptors (Lipinski definition) is 3. The normalized spacial score (nSPS) is 16.6. The number of carbonyl (C=O) groups is 2. The van der Waals surface area contributed by atoms with Gasteiger partial charge in [-0.15, -0.1) is 0 Å². The van der Waals surface area contributed by atoms with Crippen molar-refractivity contribution in [2.24, 2.45) is 5.73 Å². The van der Waals surface area contributed by atoms with Crippen molar-refractivity contribution in [3.05, 3.63) is 64.7 Å². The van der Waals surface area contributed by atoms with Crippen LogP contribution in [-0.4, -0.2) is 24.0 Å². The minimum absolute atomic E-state index is 0.314. The van der Waals surface area contributed by atoms with Crippen LogP contribution in [0.2, 0.25) is 0 Å².